The van der Waals surface area contributed by atoms with Crippen LogP contribution in [0.2, 0.25) is 5.02 Å². The topological polar surface area (TPSA) is 37.8 Å². The Hall–Kier alpha value is -1.68. The van der Waals surface area contributed by atoms with Crippen molar-refractivity contribution in [1.29, 1.82) is 0 Å². The van der Waals surface area contributed by atoms with Crippen LogP contribution in [-0.2, 0) is 11.8 Å². The second-order valence-corrected chi connectivity index (χ2v) is 6.37. The predicted molar refractivity (Wildman–Crippen MR) is 84.5 cm³/mol. The lowest BCUT2D eigenvalue weighted by atomic mass is 9.92. The van der Waals surface area contributed by atoms with E-state index in [0.717, 1.165) is 17.1 Å². The van der Waals surface area contributed by atoms with Crippen molar-refractivity contribution < 1.29 is 4.39 Å². The fourth-order valence-corrected chi connectivity index (χ4v) is 2.16. The third-order valence-electron chi connectivity index (χ3n) is 3.16. The summed E-state index contributed by atoms with van der Waals surface area (Å²) in [6, 6.07) is 6.32. The van der Waals surface area contributed by atoms with E-state index in [9.17, 15) is 4.39 Å². The van der Waals surface area contributed by atoms with Crippen molar-refractivity contribution in [3.8, 4) is 0 Å². The molecule has 112 valence electrons. The van der Waals surface area contributed by atoms with E-state index in [1.807, 2.05) is 13.1 Å². The van der Waals surface area contributed by atoms with Gasteiger partial charge in [0.2, 0.25) is 0 Å². The second-order valence-electron chi connectivity index (χ2n) is 5.97. The highest BCUT2D eigenvalue weighted by Gasteiger charge is 2.18. The van der Waals surface area contributed by atoms with E-state index in [1.54, 1.807) is 6.07 Å². The molecule has 0 saturated heterocycles. The molecule has 1 aromatic carbocycles. The maximum atomic E-state index is 13.1. The first-order valence-corrected chi connectivity index (χ1v) is 7.17. The Kier molecular flexibility index (Phi) is 4.47. The summed E-state index contributed by atoms with van der Waals surface area (Å²) in [5, 5.41) is 3.44. The number of benzene rings is 1. The minimum Gasteiger partial charge on any atom is -0.373 e. The average Bonchev–Trinajstić information content (AvgIpc) is 2.40. The van der Waals surface area contributed by atoms with Gasteiger partial charge in [0, 0.05) is 30.0 Å². The Morgan fingerprint density at radius 3 is 2.48 bits per heavy atom. The van der Waals surface area contributed by atoms with Crippen molar-refractivity contribution in [3.05, 3.63) is 52.2 Å². The van der Waals surface area contributed by atoms with Crippen LogP contribution in [0, 0.1) is 5.82 Å². The van der Waals surface area contributed by atoms with Crippen molar-refractivity contribution in [1.82, 2.24) is 9.97 Å². The first-order valence-electron chi connectivity index (χ1n) is 6.79. The van der Waals surface area contributed by atoms with Gasteiger partial charge in [-0.05, 0) is 17.7 Å². The molecule has 1 heterocycles. The molecule has 0 aliphatic rings. The summed E-state index contributed by atoms with van der Waals surface area (Å²) in [6.45, 7) is 6.30. The third kappa shape index (κ3) is 3.91. The van der Waals surface area contributed by atoms with E-state index >= 15 is 0 Å². The lowest BCUT2D eigenvalue weighted by molar-refractivity contribution is 0.563. The molecule has 0 aliphatic heterocycles. The number of hydrogen-bond acceptors (Lipinski definition) is 3. The van der Waals surface area contributed by atoms with Gasteiger partial charge in [0.25, 0.3) is 0 Å². The Morgan fingerprint density at radius 1 is 1.19 bits per heavy atom. The van der Waals surface area contributed by atoms with Crippen molar-refractivity contribution in [2.75, 3.05) is 12.4 Å². The maximum absolute atomic E-state index is 13.1. The number of halogens is 2. The molecule has 1 aromatic heterocycles. The van der Waals surface area contributed by atoms with E-state index in [4.69, 9.17) is 11.6 Å². The van der Waals surface area contributed by atoms with E-state index in [1.165, 1.54) is 12.1 Å². The van der Waals surface area contributed by atoms with Gasteiger partial charge in [0.1, 0.15) is 17.5 Å². The molecular formula is C16H19ClFN3. The van der Waals surface area contributed by atoms with Gasteiger partial charge in [-0.15, -0.1) is 0 Å². The van der Waals surface area contributed by atoms with Gasteiger partial charge < -0.3 is 5.32 Å². The SMILES string of the molecule is CNc1cc(C(C)(C)C)nc(Cc2ccc(F)cc2Cl)n1. The molecule has 0 unspecified atom stereocenters. The Balaban J connectivity index is 2.39. The summed E-state index contributed by atoms with van der Waals surface area (Å²) >= 11 is 6.07. The zero-order chi connectivity index (χ0) is 15.6. The van der Waals surface area contributed by atoms with Crippen molar-refractivity contribution >= 4 is 17.4 Å². The monoisotopic (exact) mass is 307 g/mol. The molecule has 2 aromatic rings. The fourth-order valence-electron chi connectivity index (χ4n) is 1.92. The molecule has 0 fully saturated rings. The number of anilines is 1. The fraction of sp³-hybridized carbons (Fsp3) is 0.375. The highest BCUT2D eigenvalue weighted by molar-refractivity contribution is 6.31. The van der Waals surface area contributed by atoms with Crippen LogP contribution in [0.25, 0.3) is 0 Å². The quantitative estimate of drug-likeness (QED) is 0.923. The molecule has 0 aliphatic carbocycles. The molecule has 0 radical (unpaired) electrons. The number of rotatable bonds is 3. The van der Waals surface area contributed by atoms with Crippen LogP contribution in [-0.4, -0.2) is 17.0 Å². The van der Waals surface area contributed by atoms with E-state index in [2.05, 4.69) is 36.1 Å². The van der Waals surface area contributed by atoms with Crippen LogP contribution >= 0.6 is 11.6 Å². The normalized spacial score (nSPS) is 11.5. The molecule has 0 amide bonds. The molecule has 1 N–H and O–H groups in total. The molecule has 0 spiro atoms. The number of hydrogen-bond donors (Lipinski definition) is 1. The van der Waals surface area contributed by atoms with Crippen molar-refractivity contribution in [3.63, 3.8) is 0 Å². The summed E-state index contributed by atoms with van der Waals surface area (Å²) in [4.78, 5) is 9.06. The lowest BCUT2D eigenvalue weighted by Crippen LogP contribution is -2.16. The zero-order valence-electron chi connectivity index (χ0n) is 12.7. The number of aromatic nitrogens is 2. The van der Waals surface area contributed by atoms with Crippen molar-refractivity contribution in [2.24, 2.45) is 0 Å². The molecule has 0 saturated carbocycles. The summed E-state index contributed by atoms with van der Waals surface area (Å²) in [5.74, 6) is 1.09. The third-order valence-corrected chi connectivity index (χ3v) is 3.51. The largest absolute Gasteiger partial charge is 0.373 e. The summed E-state index contributed by atoms with van der Waals surface area (Å²) in [7, 11) is 1.82. The predicted octanol–water partition coefficient (Wildman–Crippen LogP) is 4.20. The van der Waals surface area contributed by atoms with Gasteiger partial charge >= 0.3 is 0 Å². The minimum atomic E-state index is -0.343. The zero-order valence-corrected chi connectivity index (χ0v) is 13.4. The summed E-state index contributed by atoms with van der Waals surface area (Å²) in [5.41, 5.74) is 1.69. The molecular weight excluding hydrogens is 289 g/mol. The average molecular weight is 308 g/mol. The summed E-state index contributed by atoms with van der Waals surface area (Å²) < 4.78 is 13.1. The van der Waals surface area contributed by atoms with Gasteiger partial charge in [-0.1, -0.05) is 38.4 Å². The first-order chi connectivity index (χ1) is 9.79. The van der Waals surface area contributed by atoms with E-state index in [-0.39, 0.29) is 11.2 Å². The van der Waals surface area contributed by atoms with Gasteiger partial charge in [-0.3, -0.25) is 0 Å². The molecule has 0 atom stereocenters. The molecule has 5 heteroatoms. The summed E-state index contributed by atoms with van der Waals surface area (Å²) in [6.07, 6.45) is 0.470. The standard InChI is InChI=1S/C16H19ClFN3/c1-16(2,3)13-9-14(19-4)21-15(20-13)7-10-5-6-11(18)8-12(10)17/h5-6,8-9H,7H2,1-4H3,(H,19,20,21). The molecule has 3 nitrogen and oxygen atoms in total. The van der Waals surface area contributed by atoms with E-state index < -0.39 is 0 Å². The van der Waals surface area contributed by atoms with E-state index in [0.29, 0.717) is 17.3 Å². The molecule has 2 rings (SSSR count). The molecule has 0 bridgehead atoms. The highest BCUT2D eigenvalue weighted by Crippen LogP contribution is 2.24. The van der Waals surface area contributed by atoms with Gasteiger partial charge in [0.15, 0.2) is 0 Å². The smallest absolute Gasteiger partial charge is 0.135 e. The number of nitrogens with zero attached hydrogens (tertiary/aromatic N) is 2. The second kappa shape index (κ2) is 5.98. The van der Waals surface area contributed by atoms with Crippen LogP contribution in [0.5, 0.6) is 0 Å². The minimum absolute atomic E-state index is 0.0735. The van der Waals surface area contributed by atoms with Crippen molar-refractivity contribution in [2.45, 2.75) is 32.6 Å². The van der Waals surface area contributed by atoms with Crippen LogP contribution in [0.1, 0.15) is 37.9 Å². The Bertz CT molecular complexity index is 650. The number of nitrogens with one attached hydrogen (secondary N) is 1. The lowest BCUT2D eigenvalue weighted by Gasteiger charge is -2.19. The van der Waals surface area contributed by atoms with Gasteiger partial charge in [-0.2, -0.15) is 0 Å². The highest BCUT2D eigenvalue weighted by atomic mass is 35.5. The Morgan fingerprint density at radius 2 is 1.90 bits per heavy atom. The first kappa shape index (κ1) is 15.7. The van der Waals surface area contributed by atoms with Crippen LogP contribution in [0.3, 0.4) is 0 Å². The van der Waals surface area contributed by atoms with Crippen LogP contribution < -0.4 is 5.32 Å². The van der Waals surface area contributed by atoms with Crippen LogP contribution in [0.4, 0.5) is 10.2 Å². The van der Waals surface area contributed by atoms with Gasteiger partial charge in [0.05, 0.1) is 5.69 Å². The van der Waals surface area contributed by atoms with Gasteiger partial charge in [-0.25, -0.2) is 14.4 Å². The van der Waals surface area contributed by atoms with Crippen LogP contribution in [0.15, 0.2) is 24.3 Å². The maximum Gasteiger partial charge on any atom is 0.135 e. The molecule has 21 heavy (non-hydrogen) atoms. The Labute approximate surface area is 129 Å².